The van der Waals surface area contributed by atoms with Crippen molar-refractivity contribution in [2.75, 3.05) is 0 Å². The van der Waals surface area contributed by atoms with Gasteiger partial charge in [-0.1, -0.05) is 172 Å². The van der Waals surface area contributed by atoms with E-state index in [-0.39, 0.29) is 5.41 Å². The predicted molar refractivity (Wildman–Crippen MR) is 280 cm³/mol. The third-order valence-electron chi connectivity index (χ3n) is 14.5. The lowest BCUT2D eigenvalue weighted by Crippen LogP contribution is -2.14. The van der Waals surface area contributed by atoms with Crippen LogP contribution in [0.5, 0.6) is 0 Å². The fourth-order valence-electron chi connectivity index (χ4n) is 11.5. The molecule has 0 bridgehead atoms. The van der Waals surface area contributed by atoms with E-state index < -0.39 is 0 Å². The maximum absolute atomic E-state index is 5.52. The zero-order valence-corrected chi connectivity index (χ0v) is 37.1. The molecule has 0 saturated heterocycles. The van der Waals surface area contributed by atoms with E-state index in [2.05, 4.69) is 241 Å². The minimum atomic E-state index is -0.0797. The zero-order chi connectivity index (χ0) is 44.4. The molecule has 0 fully saturated rings. The number of hydrogen-bond acceptors (Lipinski definition) is 2. The second-order valence-corrected chi connectivity index (χ2v) is 18.5. The van der Waals surface area contributed by atoms with E-state index in [0.29, 0.717) is 5.82 Å². The van der Waals surface area contributed by atoms with Crippen molar-refractivity contribution in [3.63, 3.8) is 0 Å². The quantitative estimate of drug-likeness (QED) is 0.162. The van der Waals surface area contributed by atoms with Crippen LogP contribution in [0.25, 0.3) is 122 Å². The molecule has 1 aliphatic carbocycles. The van der Waals surface area contributed by atoms with Gasteiger partial charge in [-0.15, -0.1) is 0 Å². The first-order chi connectivity index (χ1) is 33.0. The van der Waals surface area contributed by atoms with E-state index in [0.717, 1.165) is 60.9 Å². The minimum Gasteiger partial charge on any atom is -0.309 e. The molecule has 0 atom stereocenters. The molecular formula is C63H42N4. The van der Waals surface area contributed by atoms with Gasteiger partial charge in [0, 0.05) is 60.2 Å². The third kappa shape index (κ3) is 5.47. The average Bonchev–Trinajstić information content (AvgIpc) is 3.99. The summed E-state index contributed by atoms with van der Waals surface area (Å²) in [5, 5.41) is 8.24. The first-order valence-electron chi connectivity index (χ1n) is 23.2. The Hall–Kier alpha value is -8.60. The Balaban J connectivity index is 0.975. The number of aromatic nitrogens is 4. The van der Waals surface area contributed by atoms with Gasteiger partial charge < -0.3 is 9.13 Å². The minimum absolute atomic E-state index is 0.0797. The summed E-state index contributed by atoms with van der Waals surface area (Å²) in [5.74, 6) is 0.699. The van der Waals surface area contributed by atoms with Crippen molar-refractivity contribution in [2.24, 2.45) is 0 Å². The largest absolute Gasteiger partial charge is 0.309 e. The van der Waals surface area contributed by atoms with Gasteiger partial charge in [-0.3, -0.25) is 0 Å². The summed E-state index contributed by atoms with van der Waals surface area (Å²) in [7, 11) is 0. The van der Waals surface area contributed by atoms with Gasteiger partial charge in [0.1, 0.15) is 0 Å². The Morgan fingerprint density at radius 1 is 0.358 bits per heavy atom. The third-order valence-corrected chi connectivity index (χ3v) is 14.5. The molecule has 4 heteroatoms. The summed E-state index contributed by atoms with van der Waals surface area (Å²) < 4.78 is 4.82. The molecule has 0 spiro atoms. The van der Waals surface area contributed by atoms with Crippen molar-refractivity contribution < 1.29 is 0 Å². The lowest BCUT2D eigenvalue weighted by Gasteiger charge is -2.21. The van der Waals surface area contributed by atoms with Crippen molar-refractivity contribution in [2.45, 2.75) is 19.3 Å². The Kier molecular flexibility index (Phi) is 8.00. The van der Waals surface area contributed by atoms with Gasteiger partial charge in [-0.25, -0.2) is 9.97 Å². The Bertz CT molecular complexity index is 4190. The Morgan fingerprint density at radius 3 is 1.67 bits per heavy atom. The molecule has 314 valence electrons. The molecule has 0 radical (unpaired) electrons. The van der Waals surface area contributed by atoms with E-state index in [1.165, 1.54) is 66.0 Å². The number of rotatable bonds is 5. The first kappa shape index (κ1) is 37.7. The topological polar surface area (TPSA) is 35.6 Å². The van der Waals surface area contributed by atoms with Gasteiger partial charge in [0.15, 0.2) is 5.82 Å². The summed E-state index contributed by atoms with van der Waals surface area (Å²) in [4.78, 5) is 11.0. The number of nitrogens with zero attached hydrogens (tertiary/aromatic N) is 4. The first-order valence-corrected chi connectivity index (χ1v) is 23.2. The Morgan fingerprint density at radius 2 is 0.925 bits per heavy atom. The highest BCUT2D eigenvalue weighted by molar-refractivity contribution is 6.22. The summed E-state index contributed by atoms with van der Waals surface area (Å²) in [6, 6.07) is 79.4. The molecule has 67 heavy (non-hydrogen) atoms. The molecular weight excluding hydrogens is 813 g/mol. The maximum atomic E-state index is 5.52. The van der Waals surface area contributed by atoms with E-state index in [1.54, 1.807) is 0 Å². The fraction of sp³-hybridized carbons (Fsp3) is 0.0476. The van der Waals surface area contributed by atoms with E-state index in [1.807, 2.05) is 0 Å². The van der Waals surface area contributed by atoms with Gasteiger partial charge in [-0.2, -0.15) is 0 Å². The molecule has 0 amide bonds. The molecule has 3 heterocycles. The van der Waals surface area contributed by atoms with E-state index in [4.69, 9.17) is 9.97 Å². The molecule has 0 unspecified atom stereocenters. The highest BCUT2D eigenvalue weighted by Gasteiger charge is 2.35. The summed E-state index contributed by atoms with van der Waals surface area (Å²) in [6.45, 7) is 4.66. The van der Waals surface area contributed by atoms with Gasteiger partial charge in [0.2, 0.25) is 0 Å². The van der Waals surface area contributed by atoms with Gasteiger partial charge >= 0.3 is 0 Å². The summed E-state index contributed by atoms with van der Waals surface area (Å²) in [6.07, 6.45) is 0. The monoisotopic (exact) mass is 854 g/mol. The van der Waals surface area contributed by atoms with Gasteiger partial charge in [0.05, 0.1) is 33.3 Å². The molecule has 0 N–H and O–H groups in total. The smallest absolute Gasteiger partial charge is 0.160 e. The van der Waals surface area contributed by atoms with Crippen LogP contribution in [0.3, 0.4) is 0 Å². The lowest BCUT2D eigenvalue weighted by atomic mass is 9.82. The van der Waals surface area contributed by atoms with Crippen LogP contribution < -0.4 is 0 Å². The molecule has 4 nitrogen and oxygen atoms in total. The van der Waals surface area contributed by atoms with Crippen molar-refractivity contribution in [3.8, 4) is 56.3 Å². The van der Waals surface area contributed by atoms with Crippen LogP contribution in [0.2, 0.25) is 0 Å². The van der Waals surface area contributed by atoms with Crippen LogP contribution in [-0.4, -0.2) is 19.1 Å². The van der Waals surface area contributed by atoms with Crippen LogP contribution in [0.4, 0.5) is 0 Å². The lowest BCUT2D eigenvalue weighted by molar-refractivity contribution is 0.660. The molecule has 1 aliphatic rings. The average molecular weight is 855 g/mol. The highest BCUT2D eigenvalue weighted by Crippen LogP contribution is 2.50. The second kappa shape index (κ2) is 14.2. The fourth-order valence-corrected chi connectivity index (χ4v) is 11.5. The molecule has 3 aromatic heterocycles. The van der Waals surface area contributed by atoms with Crippen LogP contribution in [-0.2, 0) is 5.41 Å². The number of fused-ring (bicyclic) bond motifs is 12. The normalized spacial score (nSPS) is 13.0. The molecule has 10 aromatic carbocycles. The molecule has 0 aliphatic heterocycles. The summed E-state index contributed by atoms with van der Waals surface area (Å²) >= 11 is 0. The van der Waals surface area contributed by atoms with Crippen molar-refractivity contribution in [3.05, 3.63) is 230 Å². The zero-order valence-electron chi connectivity index (χ0n) is 37.1. The number of hydrogen-bond donors (Lipinski definition) is 0. The van der Waals surface area contributed by atoms with Crippen molar-refractivity contribution in [1.82, 2.24) is 19.1 Å². The van der Waals surface area contributed by atoms with Crippen LogP contribution in [0, 0.1) is 0 Å². The van der Waals surface area contributed by atoms with Gasteiger partial charge in [-0.05, 0) is 99.4 Å². The van der Waals surface area contributed by atoms with Crippen molar-refractivity contribution >= 4 is 65.3 Å². The second-order valence-electron chi connectivity index (χ2n) is 18.5. The van der Waals surface area contributed by atoms with E-state index in [9.17, 15) is 0 Å². The predicted octanol–water partition coefficient (Wildman–Crippen LogP) is 16.3. The highest BCUT2D eigenvalue weighted by atomic mass is 15.0. The van der Waals surface area contributed by atoms with E-state index >= 15 is 0 Å². The van der Waals surface area contributed by atoms with Crippen LogP contribution in [0.1, 0.15) is 25.0 Å². The molecule has 13 aromatic rings. The van der Waals surface area contributed by atoms with Crippen LogP contribution in [0.15, 0.2) is 218 Å². The maximum Gasteiger partial charge on any atom is 0.160 e. The molecule has 0 saturated carbocycles. The van der Waals surface area contributed by atoms with Crippen LogP contribution >= 0.6 is 0 Å². The van der Waals surface area contributed by atoms with Gasteiger partial charge in [0.25, 0.3) is 0 Å². The number of para-hydroxylation sites is 3. The molecule has 14 rings (SSSR count). The number of benzene rings is 10. The summed E-state index contributed by atoms with van der Waals surface area (Å²) in [5.41, 5.74) is 18.4. The van der Waals surface area contributed by atoms with Crippen molar-refractivity contribution in [1.29, 1.82) is 0 Å². The standard InChI is InChI=1S/C63H42N4/c1-63(2)52-28-11-8-23-45(52)51-38-40(34-36-53(51)63)60-50-35-33-39-17-6-7-22-44(39)61(50)65-62(64-60)41-18-14-21-43(37-41)67-55-30-13-10-25-49(55)59-47(27-16-32-57(59)67)46-26-15-31-56-58(46)48-24-9-12-29-54(48)66(56)42-19-4-3-5-20-42/h3-38H,1-2H3. The Labute approximate surface area is 387 Å². The SMILES string of the molecule is CC1(C)c2ccccc2-c2cc(-c3nc(-c4cccc(-n5c6ccccc6c6c(-c7cccc8c7c7ccccc7n8-c7ccccc7)cccc65)c4)nc4c3ccc3ccccc34)ccc21.